The van der Waals surface area contributed by atoms with Crippen molar-refractivity contribution in [1.82, 2.24) is 9.88 Å². The molecule has 3 rings (SSSR count). The largest absolute Gasteiger partial charge is 0.383 e. The number of hydrogen-bond donors (Lipinski definition) is 1. The van der Waals surface area contributed by atoms with Gasteiger partial charge in [0.25, 0.3) is 5.91 Å². The Kier molecular flexibility index (Phi) is 2.91. The minimum atomic E-state index is -0.0131. The number of ether oxygens (including phenoxy) is 1. The lowest BCUT2D eigenvalue weighted by molar-refractivity contribution is -0.0445. The Labute approximate surface area is 106 Å². The topological polar surface area (TPSA) is 68.5 Å². The number of hydrogen-bond acceptors (Lipinski definition) is 4. The van der Waals surface area contributed by atoms with Crippen molar-refractivity contribution in [2.45, 2.75) is 31.4 Å². The molecule has 2 N–H and O–H groups in total. The number of amides is 1. The Balaban J connectivity index is 1.86. The summed E-state index contributed by atoms with van der Waals surface area (Å²) in [5.41, 5.74) is 6.28. The third kappa shape index (κ3) is 1.84. The van der Waals surface area contributed by atoms with Crippen LogP contribution in [0.5, 0.6) is 0 Å². The first kappa shape index (κ1) is 11.5. The van der Waals surface area contributed by atoms with Crippen LogP contribution in [0, 0.1) is 0 Å². The molecule has 0 radical (unpaired) electrons. The molecule has 5 heteroatoms. The summed E-state index contributed by atoms with van der Waals surface area (Å²) in [6, 6.07) is 3.70. The second kappa shape index (κ2) is 4.57. The normalized spacial score (nSPS) is 27.0. The number of rotatable bonds is 1. The molecule has 96 valence electrons. The quantitative estimate of drug-likeness (QED) is 0.805. The summed E-state index contributed by atoms with van der Waals surface area (Å²) < 4.78 is 5.71. The molecule has 1 aromatic heterocycles. The molecule has 0 aromatic carbocycles. The van der Waals surface area contributed by atoms with Crippen molar-refractivity contribution in [1.29, 1.82) is 0 Å². The SMILES string of the molecule is Nc1ncccc1C(=O)N1CCOC2CCCC21. The number of carbonyl (C=O) groups excluding carboxylic acids is 1. The van der Waals surface area contributed by atoms with Crippen LogP contribution in [0.4, 0.5) is 5.82 Å². The minimum Gasteiger partial charge on any atom is -0.383 e. The molecule has 1 aliphatic heterocycles. The number of nitrogens with zero attached hydrogens (tertiary/aromatic N) is 2. The third-order valence-corrected chi connectivity index (χ3v) is 3.81. The molecule has 18 heavy (non-hydrogen) atoms. The fraction of sp³-hybridized carbons (Fsp3) is 0.538. The van der Waals surface area contributed by atoms with Crippen LogP contribution in [0.2, 0.25) is 0 Å². The summed E-state index contributed by atoms with van der Waals surface area (Å²) >= 11 is 0. The van der Waals surface area contributed by atoms with E-state index in [0.717, 1.165) is 19.3 Å². The standard InChI is InChI=1S/C13H17N3O2/c14-12-9(3-2-6-15-12)13(17)16-7-8-18-11-5-1-4-10(11)16/h2-3,6,10-11H,1,4-5,7-8H2,(H2,14,15). The van der Waals surface area contributed by atoms with E-state index >= 15 is 0 Å². The summed E-state index contributed by atoms with van der Waals surface area (Å²) in [5, 5.41) is 0. The lowest BCUT2D eigenvalue weighted by Gasteiger charge is -2.37. The van der Waals surface area contributed by atoms with Crippen molar-refractivity contribution in [3.63, 3.8) is 0 Å². The van der Waals surface area contributed by atoms with Gasteiger partial charge < -0.3 is 15.4 Å². The van der Waals surface area contributed by atoms with E-state index in [2.05, 4.69) is 4.98 Å². The molecular weight excluding hydrogens is 230 g/mol. The molecule has 1 saturated carbocycles. The highest BCUT2D eigenvalue weighted by Crippen LogP contribution is 2.30. The monoisotopic (exact) mass is 247 g/mol. The number of anilines is 1. The van der Waals surface area contributed by atoms with Gasteiger partial charge in [-0.1, -0.05) is 0 Å². The number of pyridine rings is 1. The van der Waals surface area contributed by atoms with Crippen LogP contribution in [0.15, 0.2) is 18.3 Å². The second-order valence-electron chi connectivity index (χ2n) is 4.84. The van der Waals surface area contributed by atoms with Crippen molar-refractivity contribution >= 4 is 11.7 Å². The van der Waals surface area contributed by atoms with E-state index in [1.807, 2.05) is 4.90 Å². The minimum absolute atomic E-state index is 0.0131. The molecule has 2 fully saturated rings. The number of nitrogen functional groups attached to an aromatic ring is 1. The summed E-state index contributed by atoms with van der Waals surface area (Å²) in [6.07, 6.45) is 5.01. The van der Waals surface area contributed by atoms with Crippen molar-refractivity contribution < 1.29 is 9.53 Å². The van der Waals surface area contributed by atoms with Crippen molar-refractivity contribution in [2.75, 3.05) is 18.9 Å². The summed E-state index contributed by atoms with van der Waals surface area (Å²) in [4.78, 5) is 18.4. The first-order chi connectivity index (χ1) is 8.77. The maximum atomic E-state index is 12.5. The van der Waals surface area contributed by atoms with Gasteiger partial charge in [0.1, 0.15) is 5.82 Å². The summed E-state index contributed by atoms with van der Waals surface area (Å²) in [5.74, 6) is 0.296. The molecule has 2 unspecified atom stereocenters. The van der Waals surface area contributed by atoms with Gasteiger partial charge >= 0.3 is 0 Å². The average molecular weight is 247 g/mol. The highest BCUT2D eigenvalue weighted by atomic mass is 16.5. The van der Waals surface area contributed by atoms with Crippen LogP contribution >= 0.6 is 0 Å². The molecule has 1 aromatic rings. The van der Waals surface area contributed by atoms with Gasteiger partial charge in [0.15, 0.2) is 0 Å². The van der Waals surface area contributed by atoms with E-state index in [0.29, 0.717) is 24.5 Å². The zero-order valence-electron chi connectivity index (χ0n) is 10.2. The number of nitrogens with two attached hydrogens (primary N) is 1. The van der Waals surface area contributed by atoms with Crippen molar-refractivity contribution in [2.24, 2.45) is 0 Å². The van der Waals surface area contributed by atoms with Crippen LogP contribution in [-0.2, 0) is 4.74 Å². The number of aromatic nitrogens is 1. The highest BCUT2D eigenvalue weighted by molar-refractivity contribution is 5.98. The van der Waals surface area contributed by atoms with E-state index in [4.69, 9.17) is 10.5 Å². The van der Waals surface area contributed by atoms with E-state index in [1.165, 1.54) is 0 Å². The van der Waals surface area contributed by atoms with Gasteiger partial charge in [-0.25, -0.2) is 4.98 Å². The molecule has 2 aliphatic rings. The van der Waals surface area contributed by atoms with E-state index in [-0.39, 0.29) is 18.1 Å². The van der Waals surface area contributed by atoms with Crippen LogP contribution in [0.25, 0.3) is 0 Å². The highest BCUT2D eigenvalue weighted by Gasteiger charge is 2.38. The fourth-order valence-corrected chi connectivity index (χ4v) is 2.93. The first-order valence-electron chi connectivity index (χ1n) is 6.40. The van der Waals surface area contributed by atoms with Gasteiger partial charge in [0.2, 0.25) is 0 Å². The lowest BCUT2D eigenvalue weighted by atomic mass is 10.1. The third-order valence-electron chi connectivity index (χ3n) is 3.81. The van der Waals surface area contributed by atoms with Gasteiger partial charge in [-0.3, -0.25) is 4.79 Å². The Bertz CT molecular complexity index is 463. The second-order valence-corrected chi connectivity index (χ2v) is 4.84. The predicted octanol–water partition coefficient (Wildman–Crippen LogP) is 1.06. The molecule has 1 amide bonds. The summed E-state index contributed by atoms with van der Waals surface area (Å²) in [6.45, 7) is 1.27. The van der Waals surface area contributed by atoms with Crippen molar-refractivity contribution in [3.05, 3.63) is 23.9 Å². The van der Waals surface area contributed by atoms with E-state index in [1.54, 1.807) is 18.3 Å². The van der Waals surface area contributed by atoms with Gasteiger partial charge in [0, 0.05) is 12.7 Å². The smallest absolute Gasteiger partial charge is 0.258 e. The van der Waals surface area contributed by atoms with Crippen LogP contribution in [0.1, 0.15) is 29.6 Å². The number of fused-ring (bicyclic) bond motifs is 1. The molecule has 5 nitrogen and oxygen atoms in total. The maximum Gasteiger partial charge on any atom is 0.258 e. The maximum absolute atomic E-state index is 12.5. The van der Waals surface area contributed by atoms with Crippen molar-refractivity contribution in [3.8, 4) is 0 Å². The Morgan fingerprint density at radius 3 is 3.22 bits per heavy atom. The van der Waals surface area contributed by atoms with Gasteiger partial charge in [0.05, 0.1) is 24.3 Å². The van der Waals surface area contributed by atoms with E-state index in [9.17, 15) is 4.79 Å². The molecule has 2 heterocycles. The van der Waals surface area contributed by atoms with Gasteiger partial charge in [-0.15, -0.1) is 0 Å². The molecule has 0 bridgehead atoms. The Morgan fingerprint density at radius 2 is 2.39 bits per heavy atom. The molecule has 2 atom stereocenters. The zero-order chi connectivity index (χ0) is 12.5. The molecule has 1 saturated heterocycles. The average Bonchev–Trinajstić information content (AvgIpc) is 2.86. The van der Waals surface area contributed by atoms with E-state index < -0.39 is 0 Å². The van der Waals surface area contributed by atoms with Crippen LogP contribution < -0.4 is 5.73 Å². The Morgan fingerprint density at radius 1 is 1.50 bits per heavy atom. The van der Waals surface area contributed by atoms with Gasteiger partial charge in [-0.2, -0.15) is 0 Å². The predicted molar refractivity (Wildman–Crippen MR) is 67.1 cm³/mol. The Hall–Kier alpha value is -1.62. The number of carbonyl (C=O) groups is 1. The van der Waals surface area contributed by atoms with Gasteiger partial charge in [-0.05, 0) is 31.4 Å². The molecule has 1 aliphatic carbocycles. The fourth-order valence-electron chi connectivity index (χ4n) is 2.93. The zero-order valence-corrected chi connectivity index (χ0v) is 10.2. The number of morpholine rings is 1. The molecule has 0 spiro atoms. The lowest BCUT2D eigenvalue weighted by Crippen LogP contribution is -2.51. The van der Waals surface area contributed by atoms with Crippen LogP contribution in [-0.4, -0.2) is 41.1 Å². The summed E-state index contributed by atoms with van der Waals surface area (Å²) in [7, 11) is 0. The first-order valence-corrected chi connectivity index (χ1v) is 6.40. The van der Waals surface area contributed by atoms with Crippen LogP contribution in [0.3, 0.4) is 0 Å². The molecular formula is C13H17N3O2.